The van der Waals surface area contributed by atoms with Gasteiger partial charge in [-0.3, -0.25) is 11.3 Å². The van der Waals surface area contributed by atoms with Crippen LogP contribution in [0.5, 0.6) is 0 Å². The van der Waals surface area contributed by atoms with Crippen LogP contribution >= 0.6 is 0 Å². The SMILES string of the molecule is CCCCCC(NN)C1CCC(C(F)(F)F)CC1. The fourth-order valence-corrected chi connectivity index (χ4v) is 2.92. The van der Waals surface area contributed by atoms with Gasteiger partial charge in [0.05, 0.1) is 5.92 Å². The lowest BCUT2D eigenvalue weighted by molar-refractivity contribution is -0.184. The van der Waals surface area contributed by atoms with Crippen LogP contribution in [-0.2, 0) is 0 Å². The Labute approximate surface area is 107 Å². The highest BCUT2D eigenvalue weighted by molar-refractivity contribution is 4.83. The Kier molecular flexibility index (Phi) is 6.43. The minimum absolute atomic E-state index is 0.186. The molecular formula is C13H25F3N2. The summed E-state index contributed by atoms with van der Waals surface area (Å²) < 4.78 is 37.7. The Bertz CT molecular complexity index is 223. The van der Waals surface area contributed by atoms with Crippen molar-refractivity contribution in [2.75, 3.05) is 0 Å². The molecule has 1 atom stereocenters. The Balaban J connectivity index is 2.35. The number of halogens is 3. The predicted octanol–water partition coefficient (Wildman–Crippen LogP) is 3.77. The van der Waals surface area contributed by atoms with Gasteiger partial charge < -0.3 is 0 Å². The molecule has 1 fully saturated rings. The Morgan fingerprint density at radius 2 is 1.78 bits per heavy atom. The second kappa shape index (κ2) is 7.34. The lowest BCUT2D eigenvalue weighted by Gasteiger charge is -2.34. The molecule has 2 nitrogen and oxygen atoms in total. The number of nitrogens with two attached hydrogens (primary N) is 1. The van der Waals surface area contributed by atoms with Gasteiger partial charge in [0, 0.05) is 6.04 Å². The molecule has 5 heteroatoms. The van der Waals surface area contributed by atoms with Gasteiger partial charge in [-0.1, -0.05) is 26.2 Å². The average Bonchev–Trinajstić information content (AvgIpc) is 2.34. The smallest absolute Gasteiger partial charge is 0.271 e. The minimum atomic E-state index is -4.02. The van der Waals surface area contributed by atoms with Gasteiger partial charge in [-0.25, -0.2) is 0 Å². The average molecular weight is 266 g/mol. The summed E-state index contributed by atoms with van der Waals surface area (Å²) in [4.78, 5) is 0. The van der Waals surface area contributed by atoms with Crippen LogP contribution in [0.2, 0.25) is 0 Å². The van der Waals surface area contributed by atoms with Crippen molar-refractivity contribution in [1.82, 2.24) is 5.43 Å². The number of hydrogen-bond donors (Lipinski definition) is 2. The zero-order chi connectivity index (χ0) is 13.6. The summed E-state index contributed by atoms with van der Waals surface area (Å²) in [6.07, 6.45) is 2.19. The third-order valence-corrected chi connectivity index (χ3v) is 4.14. The summed E-state index contributed by atoms with van der Waals surface area (Å²) in [5.74, 6) is 4.75. The molecular weight excluding hydrogens is 241 g/mol. The molecule has 0 amide bonds. The maximum absolute atomic E-state index is 12.6. The monoisotopic (exact) mass is 266 g/mol. The molecule has 0 radical (unpaired) electrons. The molecule has 1 saturated carbocycles. The predicted molar refractivity (Wildman–Crippen MR) is 66.8 cm³/mol. The van der Waals surface area contributed by atoms with E-state index in [1.165, 1.54) is 0 Å². The van der Waals surface area contributed by atoms with Crippen molar-refractivity contribution in [3.63, 3.8) is 0 Å². The molecule has 1 unspecified atom stereocenters. The standard InChI is InChI=1S/C13H25F3N2/c1-2-3-4-5-12(18-17)10-6-8-11(9-7-10)13(14,15)16/h10-12,18H,2-9,17H2,1H3. The van der Waals surface area contributed by atoms with E-state index in [2.05, 4.69) is 12.3 Å². The summed E-state index contributed by atoms with van der Waals surface area (Å²) in [6, 6.07) is 0.186. The lowest BCUT2D eigenvalue weighted by Crippen LogP contribution is -2.43. The molecule has 108 valence electrons. The third kappa shape index (κ3) is 4.76. The van der Waals surface area contributed by atoms with Crippen LogP contribution in [-0.4, -0.2) is 12.2 Å². The molecule has 1 aliphatic carbocycles. The quantitative estimate of drug-likeness (QED) is 0.436. The molecule has 0 aromatic rings. The lowest BCUT2D eigenvalue weighted by atomic mass is 9.77. The van der Waals surface area contributed by atoms with Crippen LogP contribution in [0, 0.1) is 11.8 Å². The largest absolute Gasteiger partial charge is 0.391 e. The van der Waals surface area contributed by atoms with E-state index in [0.29, 0.717) is 18.8 Å². The summed E-state index contributed by atoms with van der Waals surface area (Å²) in [7, 11) is 0. The van der Waals surface area contributed by atoms with Crippen molar-refractivity contribution in [1.29, 1.82) is 0 Å². The molecule has 0 heterocycles. The van der Waals surface area contributed by atoms with Crippen molar-refractivity contribution in [2.45, 2.75) is 70.5 Å². The summed E-state index contributed by atoms with van der Waals surface area (Å²) >= 11 is 0. The molecule has 0 aliphatic heterocycles. The molecule has 18 heavy (non-hydrogen) atoms. The van der Waals surface area contributed by atoms with Gasteiger partial charge in [0.1, 0.15) is 0 Å². The fraction of sp³-hybridized carbons (Fsp3) is 1.00. The van der Waals surface area contributed by atoms with E-state index in [1.54, 1.807) is 0 Å². The van der Waals surface area contributed by atoms with Crippen LogP contribution in [0.15, 0.2) is 0 Å². The molecule has 0 aromatic heterocycles. The number of unbranched alkanes of at least 4 members (excludes halogenated alkanes) is 2. The Morgan fingerprint density at radius 3 is 2.22 bits per heavy atom. The molecule has 0 spiro atoms. The van der Waals surface area contributed by atoms with Crippen LogP contribution in [0.25, 0.3) is 0 Å². The van der Waals surface area contributed by atoms with E-state index in [9.17, 15) is 13.2 Å². The summed E-state index contributed by atoms with van der Waals surface area (Å²) in [5.41, 5.74) is 2.80. The molecule has 0 aromatic carbocycles. The zero-order valence-electron chi connectivity index (χ0n) is 11.1. The number of alkyl halides is 3. The number of hydrazine groups is 1. The van der Waals surface area contributed by atoms with E-state index >= 15 is 0 Å². The molecule has 3 N–H and O–H groups in total. The van der Waals surface area contributed by atoms with Gasteiger partial charge in [0.25, 0.3) is 0 Å². The fourth-order valence-electron chi connectivity index (χ4n) is 2.92. The van der Waals surface area contributed by atoms with Crippen LogP contribution in [0.1, 0.15) is 58.3 Å². The highest BCUT2D eigenvalue weighted by Crippen LogP contribution is 2.40. The van der Waals surface area contributed by atoms with Crippen LogP contribution in [0.3, 0.4) is 0 Å². The summed E-state index contributed by atoms with van der Waals surface area (Å²) in [6.45, 7) is 2.14. The van der Waals surface area contributed by atoms with Gasteiger partial charge in [-0.15, -0.1) is 0 Å². The van der Waals surface area contributed by atoms with Crippen molar-refractivity contribution < 1.29 is 13.2 Å². The molecule has 1 rings (SSSR count). The normalized spacial score (nSPS) is 27.2. The van der Waals surface area contributed by atoms with Gasteiger partial charge in [-0.2, -0.15) is 13.2 Å². The van der Waals surface area contributed by atoms with Gasteiger partial charge in [-0.05, 0) is 38.0 Å². The van der Waals surface area contributed by atoms with Crippen LogP contribution in [0.4, 0.5) is 13.2 Å². The van der Waals surface area contributed by atoms with Gasteiger partial charge in [0.15, 0.2) is 0 Å². The first-order chi connectivity index (χ1) is 8.49. The van der Waals surface area contributed by atoms with Crippen LogP contribution < -0.4 is 11.3 Å². The van der Waals surface area contributed by atoms with Crippen molar-refractivity contribution in [3.05, 3.63) is 0 Å². The first-order valence-electron chi connectivity index (χ1n) is 7.01. The minimum Gasteiger partial charge on any atom is -0.271 e. The first kappa shape index (κ1) is 15.8. The number of rotatable bonds is 6. The van der Waals surface area contributed by atoms with E-state index in [1.807, 2.05) is 0 Å². The van der Waals surface area contributed by atoms with E-state index < -0.39 is 12.1 Å². The highest BCUT2D eigenvalue weighted by Gasteiger charge is 2.42. The Hall–Kier alpha value is -0.290. The third-order valence-electron chi connectivity index (χ3n) is 4.14. The molecule has 1 aliphatic rings. The zero-order valence-corrected chi connectivity index (χ0v) is 11.1. The topological polar surface area (TPSA) is 38.0 Å². The number of hydrogen-bond acceptors (Lipinski definition) is 2. The van der Waals surface area contributed by atoms with Crippen molar-refractivity contribution >= 4 is 0 Å². The second-order valence-corrected chi connectivity index (χ2v) is 5.42. The molecule has 0 bridgehead atoms. The number of nitrogens with one attached hydrogen (secondary N) is 1. The van der Waals surface area contributed by atoms with E-state index in [0.717, 1.165) is 25.7 Å². The van der Waals surface area contributed by atoms with E-state index in [-0.39, 0.29) is 18.9 Å². The molecule has 0 saturated heterocycles. The van der Waals surface area contributed by atoms with Gasteiger partial charge >= 0.3 is 6.18 Å². The highest BCUT2D eigenvalue weighted by atomic mass is 19.4. The van der Waals surface area contributed by atoms with E-state index in [4.69, 9.17) is 5.84 Å². The summed E-state index contributed by atoms with van der Waals surface area (Å²) in [5, 5.41) is 0. The maximum atomic E-state index is 12.6. The maximum Gasteiger partial charge on any atom is 0.391 e. The first-order valence-corrected chi connectivity index (χ1v) is 7.01. The Morgan fingerprint density at radius 1 is 1.17 bits per heavy atom. The second-order valence-electron chi connectivity index (χ2n) is 5.42. The van der Waals surface area contributed by atoms with Gasteiger partial charge in [0.2, 0.25) is 0 Å². The van der Waals surface area contributed by atoms with Crippen molar-refractivity contribution in [2.24, 2.45) is 17.7 Å². The van der Waals surface area contributed by atoms with Crippen molar-refractivity contribution in [3.8, 4) is 0 Å².